The van der Waals surface area contributed by atoms with Crippen LogP contribution in [0.15, 0.2) is 91.0 Å². The Hall–Kier alpha value is -3.61. The van der Waals surface area contributed by atoms with Crippen LogP contribution in [0.2, 0.25) is 0 Å². The Balaban J connectivity index is 1.16. The number of nitrogens with zero attached hydrogens (tertiary/aromatic N) is 2. The molecule has 36 heavy (non-hydrogen) atoms. The molecule has 1 heterocycles. The highest BCUT2D eigenvalue weighted by atomic mass is 19.1. The minimum Gasteiger partial charge on any atom is -0.367 e. The number of carbonyl (C=O) groups is 1. The number of carbonyl (C=O) groups excluding carboxylic acids is 1. The Kier molecular flexibility index (Phi) is 7.35. The number of hydrogen-bond acceptors (Lipinski definition) is 3. The molecule has 6 heteroatoms. The lowest BCUT2D eigenvalue weighted by molar-refractivity contribution is 0.0408. The van der Waals surface area contributed by atoms with E-state index < -0.39 is 6.10 Å². The highest BCUT2D eigenvalue weighted by molar-refractivity contribution is 5.98. The second-order valence-electron chi connectivity index (χ2n) is 9.05. The third-order valence-electron chi connectivity index (χ3n) is 6.69. The predicted octanol–water partition coefficient (Wildman–Crippen LogP) is 5.68. The lowest BCUT2D eigenvalue weighted by Crippen LogP contribution is -2.49. The van der Waals surface area contributed by atoms with Gasteiger partial charge in [0, 0.05) is 38.3 Å². The van der Waals surface area contributed by atoms with Crippen molar-refractivity contribution < 1.29 is 18.3 Å². The highest BCUT2D eigenvalue weighted by Crippen LogP contribution is 2.26. The fraction of sp³-hybridized carbons (Fsp3) is 0.233. The standard InChI is InChI=1S/C30H28F2N2O2/c31-27-11-7-23(8-12-27)29(24-9-13-28(32)14-10-24)36-20-19-33-15-17-34(18-16-33)30(35)26-6-5-22-3-1-2-4-25(22)21-26/h1-14,21,29H,15-20H2. The first-order chi connectivity index (χ1) is 17.6. The summed E-state index contributed by atoms with van der Waals surface area (Å²) < 4.78 is 33.1. The summed E-state index contributed by atoms with van der Waals surface area (Å²) in [4.78, 5) is 17.2. The Morgan fingerprint density at radius 1 is 0.750 bits per heavy atom. The van der Waals surface area contributed by atoms with Crippen LogP contribution in [0.25, 0.3) is 10.8 Å². The molecule has 0 bridgehead atoms. The summed E-state index contributed by atoms with van der Waals surface area (Å²) in [6.45, 7) is 4.01. The smallest absolute Gasteiger partial charge is 0.253 e. The van der Waals surface area contributed by atoms with Gasteiger partial charge < -0.3 is 9.64 Å². The zero-order chi connectivity index (χ0) is 24.9. The van der Waals surface area contributed by atoms with E-state index in [4.69, 9.17) is 4.74 Å². The normalized spacial score (nSPS) is 14.5. The second kappa shape index (κ2) is 11.0. The molecule has 1 fully saturated rings. The third-order valence-corrected chi connectivity index (χ3v) is 6.69. The Morgan fingerprint density at radius 3 is 1.94 bits per heavy atom. The van der Waals surface area contributed by atoms with Crippen LogP contribution in [0.5, 0.6) is 0 Å². The fourth-order valence-electron chi connectivity index (χ4n) is 4.64. The van der Waals surface area contributed by atoms with Crippen LogP contribution < -0.4 is 0 Å². The first kappa shape index (κ1) is 24.1. The summed E-state index contributed by atoms with van der Waals surface area (Å²) in [5, 5.41) is 2.19. The molecule has 0 saturated carbocycles. The van der Waals surface area contributed by atoms with Gasteiger partial charge in [0.2, 0.25) is 0 Å². The summed E-state index contributed by atoms with van der Waals surface area (Å²) in [7, 11) is 0. The number of hydrogen-bond donors (Lipinski definition) is 0. The molecule has 0 aromatic heterocycles. The van der Waals surface area contributed by atoms with Gasteiger partial charge in [0.1, 0.15) is 17.7 Å². The SMILES string of the molecule is O=C(c1ccc2ccccc2c1)N1CCN(CCOC(c2ccc(F)cc2)c2ccc(F)cc2)CC1. The number of rotatable bonds is 7. The largest absolute Gasteiger partial charge is 0.367 e. The van der Waals surface area contributed by atoms with E-state index >= 15 is 0 Å². The van der Waals surface area contributed by atoms with Crippen LogP contribution in [0.4, 0.5) is 8.78 Å². The summed E-state index contributed by atoms with van der Waals surface area (Å²) >= 11 is 0. The molecule has 0 unspecified atom stereocenters. The molecule has 4 aromatic carbocycles. The fourth-order valence-corrected chi connectivity index (χ4v) is 4.64. The highest BCUT2D eigenvalue weighted by Gasteiger charge is 2.23. The molecular weight excluding hydrogens is 458 g/mol. The van der Waals surface area contributed by atoms with Crippen molar-refractivity contribution in [3.63, 3.8) is 0 Å². The van der Waals surface area contributed by atoms with Crippen molar-refractivity contribution in [2.24, 2.45) is 0 Å². The van der Waals surface area contributed by atoms with E-state index in [2.05, 4.69) is 4.90 Å². The van der Waals surface area contributed by atoms with E-state index in [1.807, 2.05) is 47.4 Å². The van der Waals surface area contributed by atoms with E-state index in [0.717, 1.165) is 35.0 Å². The number of piperazine rings is 1. The van der Waals surface area contributed by atoms with Crippen LogP contribution in [-0.4, -0.2) is 55.0 Å². The van der Waals surface area contributed by atoms with Gasteiger partial charge in [-0.3, -0.25) is 9.69 Å². The van der Waals surface area contributed by atoms with Gasteiger partial charge >= 0.3 is 0 Å². The lowest BCUT2D eigenvalue weighted by atomic mass is 10.0. The summed E-state index contributed by atoms with van der Waals surface area (Å²) in [5.74, 6) is -0.565. The average molecular weight is 487 g/mol. The lowest BCUT2D eigenvalue weighted by Gasteiger charge is -2.35. The molecule has 1 saturated heterocycles. The van der Waals surface area contributed by atoms with Gasteiger partial charge in [-0.1, -0.05) is 54.6 Å². The maximum Gasteiger partial charge on any atom is 0.253 e. The maximum absolute atomic E-state index is 13.4. The number of halogens is 2. The van der Waals surface area contributed by atoms with Crippen LogP contribution in [0, 0.1) is 11.6 Å². The summed E-state index contributed by atoms with van der Waals surface area (Å²) in [6.07, 6.45) is -0.415. The summed E-state index contributed by atoms with van der Waals surface area (Å²) in [5.41, 5.74) is 2.34. The molecule has 184 valence electrons. The van der Waals surface area contributed by atoms with Crippen LogP contribution in [0.1, 0.15) is 27.6 Å². The van der Waals surface area contributed by atoms with Gasteiger partial charge in [-0.25, -0.2) is 8.78 Å². The van der Waals surface area contributed by atoms with Gasteiger partial charge in [-0.15, -0.1) is 0 Å². The quantitative estimate of drug-likeness (QED) is 0.337. The summed E-state index contributed by atoms with van der Waals surface area (Å²) in [6, 6.07) is 26.3. The third kappa shape index (κ3) is 5.61. The Labute approximate surface area is 209 Å². The van der Waals surface area contributed by atoms with Gasteiger partial charge in [-0.05, 0) is 58.3 Å². The van der Waals surface area contributed by atoms with Crippen LogP contribution in [0.3, 0.4) is 0 Å². The van der Waals surface area contributed by atoms with Gasteiger partial charge in [0.25, 0.3) is 5.91 Å². The van der Waals surface area contributed by atoms with Crippen molar-refractivity contribution >= 4 is 16.7 Å². The number of fused-ring (bicyclic) bond motifs is 1. The number of ether oxygens (including phenoxy) is 1. The first-order valence-corrected chi connectivity index (χ1v) is 12.2. The Morgan fingerprint density at radius 2 is 1.33 bits per heavy atom. The molecule has 4 nitrogen and oxygen atoms in total. The molecule has 0 spiro atoms. The minimum atomic E-state index is -0.415. The molecule has 5 rings (SSSR count). The van der Waals surface area contributed by atoms with E-state index in [0.29, 0.717) is 31.8 Å². The first-order valence-electron chi connectivity index (χ1n) is 12.2. The molecule has 1 aliphatic heterocycles. The van der Waals surface area contributed by atoms with Crippen molar-refractivity contribution in [1.29, 1.82) is 0 Å². The predicted molar refractivity (Wildman–Crippen MR) is 137 cm³/mol. The van der Waals surface area contributed by atoms with Gasteiger partial charge in [0.05, 0.1) is 6.61 Å². The van der Waals surface area contributed by atoms with Crippen LogP contribution >= 0.6 is 0 Å². The topological polar surface area (TPSA) is 32.8 Å². The average Bonchev–Trinajstić information content (AvgIpc) is 2.92. The van der Waals surface area contributed by atoms with E-state index in [-0.39, 0.29) is 17.5 Å². The zero-order valence-corrected chi connectivity index (χ0v) is 19.9. The Bertz CT molecular complexity index is 1270. The number of benzene rings is 4. The van der Waals surface area contributed by atoms with E-state index in [9.17, 15) is 13.6 Å². The van der Waals surface area contributed by atoms with E-state index in [1.165, 1.54) is 24.3 Å². The van der Waals surface area contributed by atoms with Crippen molar-refractivity contribution in [1.82, 2.24) is 9.80 Å². The van der Waals surface area contributed by atoms with Crippen molar-refractivity contribution in [3.05, 3.63) is 119 Å². The van der Waals surface area contributed by atoms with Crippen LogP contribution in [-0.2, 0) is 4.74 Å². The molecule has 0 N–H and O–H groups in total. The maximum atomic E-state index is 13.4. The monoisotopic (exact) mass is 486 g/mol. The molecule has 0 atom stereocenters. The molecule has 0 radical (unpaired) electrons. The van der Waals surface area contributed by atoms with Crippen molar-refractivity contribution in [3.8, 4) is 0 Å². The van der Waals surface area contributed by atoms with Crippen molar-refractivity contribution in [2.45, 2.75) is 6.10 Å². The molecule has 0 aliphatic carbocycles. The van der Waals surface area contributed by atoms with Gasteiger partial charge in [0.15, 0.2) is 0 Å². The molecule has 1 aliphatic rings. The second-order valence-corrected chi connectivity index (χ2v) is 9.05. The van der Waals surface area contributed by atoms with E-state index in [1.54, 1.807) is 24.3 Å². The molecule has 4 aromatic rings. The molecular formula is C30H28F2N2O2. The van der Waals surface area contributed by atoms with Gasteiger partial charge in [-0.2, -0.15) is 0 Å². The zero-order valence-electron chi connectivity index (χ0n) is 19.9. The number of amides is 1. The minimum absolute atomic E-state index is 0.0596. The van der Waals surface area contributed by atoms with Crippen molar-refractivity contribution in [2.75, 3.05) is 39.3 Å². The molecule has 1 amide bonds.